The van der Waals surface area contributed by atoms with E-state index in [2.05, 4.69) is 10.6 Å². The van der Waals surface area contributed by atoms with E-state index in [0.29, 0.717) is 4.88 Å². The Morgan fingerprint density at radius 3 is 2.82 bits per heavy atom. The van der Waals surface area contributed by atoms with Crippen LogP contribution in [0.4, 0.5) is 0 Å². The van der Waals surface area contributed by atoms with Gasteiger partial charge in [0.2, 0.25) is 5.91 Å². The van der Waals surface area contributed by atoms with Gasteiger partial charge in [0.15, 0.2) is 0 Å². The van der Waals surface area contributed by atoms with Crippen molar-refractivity contribution in [2.24, 2.45) is 5.92 Å². The quantitative estimate of drug-likeness (QED) is 0.724. The molecule has 0 bridgehead atoms. The fourth-order valence-corrected chi connectivity index (χ4v) is 3.47. The molecule has 1 saturated carbocycles. The van der Waals surface area contributed by atoms with Gasteiger partial charge in [-0.25, -0.2) is 0 Å². The maximum absolute atomic E-state index is 12.3. The molecule has 1 fully saturated rings. The number of amides is 2. The van der Waals surface area contributed by atoms with E-state index in [4.69, 9.17) is 0 Å². The first kappa shape index (κ1) is 17.0. The summed E-state index contributed by atoms with van der Waals surface area (Å²) < 4.78 is 0. The van der Waals surface area contributed by atoms with Crippen LogP contribution in [0.5, 0.6) is 0 Å². The number of aliphatic hydroxyl groups excluding tert-OH is 1. The molecule has 1 heterocycles. The summed E-state index contributed by atoms with van der Waals surface area (Å²) in [6.07, 6.45) is 5.15. The molecule has 0 spiro atoms. The van der Waals surface area contributed by atoms with Crippen molar-refractivity contribution in [3.63, 3.8) is 0 Å². The molecule has 5 nitrogen and oxygen atoms in total. The summed E-state index contributed by atoms with van der Waals surface area (Å²) in [7, 11) is 0. The van der Waals surface area contributed by atoms with Gasteiger partial charge in [0.05, 0.1) is 4.88 Å². The van der Waals surface area contributed by atoms with Crippen molar-refractivity contribution in [1.82, 2.24) is 10.6 Å². The summed E-state index contributed by atoms with van der Waals surface area (Å²) in [5, 5.41) is 17.0. The van der Waals surface area contributed by atoms with Crippen molar-refractivity contribution in [1.29, 1.82) is 0 Å². The Morgan fingerprint density at radius 2 is 2.14 bits per heavy atom. The molecule has 1 aromatic heterocycles. The lowest BCUT2D eigenvalue weighted by atomic mass is 9.95. The molecule has 0 radical (unpaired) electrons. The van der Waals surface area contributed by atoms with Crippen LogP contribution in [0.1, 0.15) is 48.7 Å². The Balaban J connectivity index is 1.88. The van der Waals surface area contributed by atoms with Crippen LogP contribution in [-0.2, 0) is 4.79 Å². The van der Waals surface area contributed by atoms with Crippen LogP contribution in [0, 0.1) is 5.92 Å². The highest BCUT2D eigenvalue weighted by atomic mass is 32.1. The number of thiophene rings is 1. The largest absolute Gasteiger partial charge is 0.396 e. The number of aliphatic hydroxyl groups is 1. The molecular weight excluding hydrogens is 300 g/mol. The Kier molecular flexibility index (Phi) is 6.39. The number of rotatable bonds is 5. The number of hydrogen-bond donors (Lipinski definition) is 3. The third-order valence-corrected chi connectivity index (χ3v) is 5.08. The smallest absolute Gasteiger partial charge is 0.261 e. The molecular formula is C16H24N2O3S. The molecule has 3 N–H and O–H groups in total. The van der Waals surface area contributed by atoms with Crippen LogP contribution in [0.25, 0.3) is 0 Å². The minimum atomic E-state index is -0.586. The average molecular weight is 324 g/mol. The fourth-order valence-electron chi connectivity index (χ4n) is 2.84. The minimum absolute atomic E-state index is 0.00101. The molecule has 2 amide bonds. The second-order valence-corrected chi connectivity index (χ2v) is 6.82. The molecule has 1 aliphatic carbocycles. The maximum Gasteiger partial charge on any atom is 0.261 e. The van der Waals surface area contributed by atoms with Gasteiger partial charge >= 0.3 is 0 Å². The first-order valence-corrected chi connectivity index (χ1v) is 8.75. The predicted molar refractivity (Wildman–Crippen MR) is 86.8 cm³/mol. The molecule has 6 heteroatoms. The van der Waals surface area contributed by atoms with Crippen molar-refractivity contribution in [2.45, 2.75) is 51.1 Å². The molecule has 22 heavy (non-hydrogen) atoms. The standard InChI is InChI=1S/C16H24N2O3S/c1-11(17-16(21)14-8-5-9-22-14)15(20)18-13-7-4-2-3-6-12(13)10-19/h5,8-9,11-13,19H,2-4,6-7,10H2,1H3,(H,17,21)(H,18,20). The molecule has 122 valence electrons. The number of carbonyl (C=O) groups excluding carboxylic acids is 2. The maximum atomic E-state index is 12.3. The Morgan fingerprint density at radius 1 is 1.36 bits per heavy atom. The van der Waals surface area contributed by atoms with Crippen LogP contribution in [0.2, 0.25) is 0 Å². The van der Waals surface area contributed by atoms with E-state index in [-0.39, 0.29) is 30.4 Å². The Hall–Kier alpha value is -1.40. The van der Waals surface area contributed by atoms with Crippen molar-refractivity contribution in [3.05, 3.63) is 22.4 Å². The summed E-state index contributed by atoms with van der Waals surface area (Å²) in [5.41, 5.74) is 0. The van der Waals surface area contributed by atoms with Gasteiger partial charge in [-0.2, -0.15) is 0 Å². The molecule has 0 aromatic carbocycles. The van der Waals surface area contributed by atoms with Crippen LogP contribution in [0.15, 0.2) is 17.5 Å². The molecule has 3 atom stereocenters. The summed E-state index contributed by atoms with van der Waals surface area (Å²) >= 11 is 1.35. The lowest BCUT2D eigenvalue weighted by Crippen LogP contribution is -2.50. The third kappa shape index (κ3) is 4.55. The topological polar surface area (TPSA) is 78.4 Å². The minimum Gasteiger partial charge on any atom is -0.396 e. The van der Waals surface area contributed by atoms with E-state index >= 15 is 0 Å². The van der Waals surface area contributed by atoms with Crippen LogP contribution >= 0.6 is 11.3 Å². The molecule has 0 aliphatic heterocycles. The zero-order valence-corrected chi connectivity index (χ0v) is 13.7. The summed E-state index contributed by atoms with van der Waals surface area (Å²) in [6, 6.07) is 2.96. The fraction of sp³-hybridized carbons (Fsp3) is 0.625. The van der Waals surface area contributed by atoms with Gasteiger partial charge in [-0.15, -0.1) is 11.3 Å². The molecule has 1 aromatic rings. The van der Waals surface area contributed by atoms with E-state index < -0.39 is 6.04 Å². The lowest BCUT2D eigenvalue weighted by Gasteiger charge is -2.26. The predicted octanol–water partition coefficient (Wildman–Crippen LogP) is 1.92. The molecule has 2 rings (SSSR count). The third-order valence-electron chi connectivity index (χ3n) is 4.21. The highest BCUT2D eigenvalue weighted by Crippen LogP contribution is 2.23. The second-order valence-electron chi connectivity index (χ2n) is 5.87. The molecule has 3 unspecified atom stereocenters. The van der Waals surface area contributed by atoms with E-state index in [0.717, 1.165) is 32.1 Å². The van der Waals surface area contributed by atoms with Gasteiger partial charge in [-0.1, -0.05) is 25.3 Å². The van der Waals surface area contributed by atoms with E-state index in [1.54, 1.807) is 13.0 Å². The van der Waals surface area contributed by atoms with Gasteiger partial charge in [0, 0.05) is 18.6 Å². The SMILES string of the molecule is CC(NC(=O)c1cccs1)C(=O)NC1CCCCCC1CO. The first-order chi connectivity index (χ1) is 10.6. The monoisotopic (exact) mass is 324 g/mol. The normalized spacial score (nSPS) is 23.4. The van der Waals surface area contributed by atoms with Gasteiger partial charge in [0.1, 0.15) is 6.04 Å². The van der Waals surface area contributed by atoms with Crippen molar-refractivity contribution in [2.75, 3.05) is 6.61 Å². The average Bonchev–Trinajstić information content (AvgIpc) is 2.95. The molecule has 1 aliphatic rings. The van der Waals surface area contributed by atoms with Gasteiger partial charge in [-0.3, -0.25) is 9.59 Å². The number of nitrogens with one attached hydrogen (secondary N) is 2. The highest BCUT2D eigenvalue weighted by Gasteiger charge is 2.26. The zero-order chi connectivity index (χ0) is 15.9. The van der Waals surface area contributed by atoms with E-state index in [9.17, 15) is 14.7 Å². The van der Waals surface area contributed by atoms with Crippen LogP contribution < -0.4 is 10.6 Å². The van der Waals surface area contributed by atoms with Crippen molar-refractivity contribution in [3.8, 4) is 0 Å². The summed E-state index contributed by atoms with van der Waals surface area (Å²) in [4.78, 5) is 24.9. The van der Waals surface area contributed by atoms with Crippen molar-refractivity contribution >= 4 is 23.2 Å². The number of hydrogen-bond acceptors (Lipinski definition) is 4. The van der Waals surface area contributed by atoms with Gasteiger partial charge in [0.25, 0.3) is 5.91 Å². The van der Waals surface area contributed by atoms with Gasteiger partial charge in [-0.05, 0) is 31.2 Å². The van der Waals surface area contributed by atoms with E-state index in [1.165, 1.54) is 11.3 Å². The first-order valence-electron chi connectivity index (χ1n) is 7.87. The highest BCUT2D eigenvalue weighted by molar-refractivity contribution is 7.12. The zero-order valence-electron chi connectivity index (χ0n) is 12.9. The number of carbonyl (C=O) groups is 2. The Labute approximate surface area is 135 Å². The molecule has 0 saturated heterocycles. The lowest BCUT2D eigenvalue weighted by molar-refractivity contribution is -0.123. The van der Waals surface area contributed by atoms with E-state index in [1.807, 2.05) is 11.4 Å². The van der Waals surface area contributed by atoms with Crippen LogP contribution in [0.3, 0.4) is 0 Å². The van der Waals surface area contributed by atoms with Crippen LogP contribution in [-0.4, -0.2) is 35.6 Å². The Bertz CT molecular complexity index is 490. The van der Waals surface area contributed by atoms with Crippen molar-refractivity contribution < 1.29 is 14.7 Å². The second kappa shape index (κ2) is 8.29. The summed E-state index contributed by atoms with van der Waals surface area (Å²) in [6.45, 7) is 1.78. The van der Waals surface area contributed by atoms with Gasteiger partial charge < -0.3 is 15.7 Å². The summed E-state index contributed by atoms with van der Waals surface area (Å²) in [5.74, 6) is -0.292.